The Morgan fingerprint density at radius 3 is 2.62 bits per heavy atom. The second-order valence-electron chi connectivity index (χ2n) is 5.23. The molecule has 5 nitrogen and oxygen atoms in total. The molecule has 0 bridgehead atoms. The number of aliphatic hydroxyl groups is 1. The Morgan fingerprint density at radius 1 is 1.38 bits per heavy atom. The highest BCUT2D eigenvalue weighted by Gasteiger charge is 2.24. The third kappa shape index (κ3) is 4.09. The molecular formula is C15H21ClN2O3. The molecule has 1 amide bonds. The van der Waals surface area contributed by atoms with Crippen LogP contribution in [0.1, 0.15) is 12.5 Å². The standard InChI is InChI=1S/C15H21ClN2O3/c1-11(19)15(20)18-7-5-17(6-8-18)10-12-9-13(16)3-4-14(12)21-2/h3-4,9,11,19H,5-8,10H2,1-2H3. The number of carbonyl (C=O) groups is 1. The van der Waals surface area contributed by atoms with Gasteiger partial charge in [-0.2, -0.15) is 0 Å². The summed E-state index contributed by atoms with van der Waals surface area (Å²) in [5, 5.41) is 10.0. The van der Waals surface area contributed by atoms with Crippen LogP contribution in [0.3, 0.4) is 0 Å². The summed E-state index contributed by atoms with van der Waals surface area (Å²) in [7, 11) is 1.64. The van der Waals surface area contributed by atoms with Crippen molar-refractivity contribution >= 4 is 17.5 Å². The fourth-order valence-corrected chi connectivity index (χ4v) is 2.70. The number of hydrogen-bond acceptors (Lipinski definition) is 4. The van der Waals surface area contributed by atoms with Crippen LogP contribution in [0.2, 0.25) is 5.02 Å². The van der Waals surface area contributed by atoms with Crippen molar-refractivity contribution in [2.75, 3.05) is 33.3 Å². The largest absolute Gasteiger partial charge is 0.496 e. The molecular weight excluding hydrogens is 292 g/mol. The molecule has 21 heavy (non-hydrogen) atoms. The molecule has 1 saturated heterocycles. The van der Waals surface area contributed by atoms with Crippen molar-refractivity contribution in [2.24, 2.45) is 0 Å². The Balaban J connectivity index is 1.95. The van der Waals surface area contributed by atoms with Gasteiger partial charge in [0.2, 0.25) is 0 Å². The number of nitrogens with zero attached hydrogens (tertiary/aromatic N) is 2. The molecule has 1 aromatic carbocycles. The minimum Gasteiger partial charge on any atom is -0.496 e. The van der Waals surface area contributed by atoms with Crippen LogP contribution in [0.25, 0.3) is 0 Å². The van der Waals surface area contributed by atoms with Gasteiger partial charge in [0.25, 0.3) is 5.91 Å². The summed E-state index contributed by atoms with van der Waals surface area (Å²) in [5.74, 6) is 0.622. The van der Waals surface area contributed by atoms with Crippen LogP contribution >= 0.6 is 11.6 Å². The summed E-state index contributed by atoms with van der Waals surface area (Å²) in [6, 6.07) is 5.59. The van der Waals surface area contributed by atoms with Crippen molar-refractivity contribution in [1.29, 1.82) is 0 Å². The predicted octanol–water partition coefficient (Wildman–Crippen LogP) is 1.37. The van der Waals surface area contributed by atoms with E-state index in [0.29, 0.717) is 18.1 Å². The smallest absolute Gasteiger partial charge is 0.251 e. The highest BCUT2D eigenvalue weighted by atomic mass is 35.5. The van der Waals surface area contributed by atoms with E-state index in [2.05, 4.69) is 4.90 Å². The van der Waals surface area contributed by atoms with Crippen LogP contribution in [0.15, 0.2) is 18.2 Å². The molecule has 1 aliphatic heterocycles. The van der Waals surface area contributed by atoms with Crippen molar-refractivity contribution in [3.8, 4) is 5.75 Å². The zero-order chi connectivity index (χ0) is 15.4. The Morgan fingerprint density at radius 2 is 2.05 bits per heavy atom. The van der Waals surface area contributed by atoms with Gasteiger partial charge in [-0.05, 0) is 25.1 Å². The maximum atomic E-state index is 11.7. The molecule has 1 aromatic rings. The van der Waals surface area contributed by atoms with E-state index in [1.165, 1.54) is 6.92 Å². The fourth-order valence-electron chi connectivity index (χ4n) is 2.50. The Kier molecular flexibility index (Phi) is 5.45. The number of rotatable bonds is 4. The quantitative estimate of drug-likeness (QED) is 0.912. The first-order valence-electron chi connectivity index (χ1n) is 7.03. The third-order valence-electron chi connectivity index (χ3n) is 3.68. The Hall–Kier alpha value is -1.30. The molecule has 0 radical (unpaired) electrons. The van der Waals surface area contributed by atoms with E-state index in [1.807, 2.05) is 18.2 Å². The van der Waals surface area contributed by atoms with Gasteiger partial charge in [-0.25, -0.2) is 0 Å². The highest BCUT2D eigenvalue weighted by molar-refractivity contribution is 6.30. The second-order valence-corrected chi connectivity index (χ2v) is 5.67. The van der Waals surface area contributed by atoms with Crippen molar-refractivity contribution < 1.29 is 14.6 Å². The fraction of sp³-hybridized carbons (Fsp3) is 0.533. The van der Waals surface area contributed by atoms with Crippen molar-refractivity contribution in [2.45, 2.75) is 19.6 Å². The first-order valence-corrected chi connectivity index (χ1v) is 7.40. The normalized spacial score (nSPS) is 17.6. The molecule has 1 atom stereocenters. The summed E-state index contributed by atoms with van der Waals surface area (Å²) in [5.41, 5.74) is 1.04. The zero-order valence-electron chi connectivity index (χ0n) is 12.4. The van der Waals surface area contributed by atoms with Crippen molar-refractivity contribution in [3.05, 3.63) is 28.8 Å². The Labute approximate surface area is 130 Å². The van der Waals surface area contributed by atoms with E-state index in [4.69, 9.17) is 16.3 Å². The van der Waals surface area contributed by atoms with Gasteiger partial charge in [-0.3, -0.25) is 9.69 Å². The summed E-state index contributed by atoms with van der Waals surface area (Å²) in [6.45, 7) is 5.05. The summed E-state index contributed by atoms with van der Waals surface area (Å²) >= 11 is 6.04. The maximum Gasteiger partial charge on any atom is 0.251 e. The molecule has 0 aliphatic carbocycles. The monoisotopic (exact) mass is 312 g/mol. The molecule has 0 aromatic heterocycles. The van der Waals surface area contributed by atoms with Gasteiger partial charge in [0, 0.05) is 43.3 Å². The zero-order valence-corrected chi connectivity index (χ0v) is 13.1. The summed E-state index contributed by atoms with van der Waals surface area (Å²) < 4.78 is 5.35. The lowest BCUT2D eigenvalue weighted by molar-refractivity contribution is -0.141. The van der Waals surface area contributed by atoms with E-state index < -0.39 is 6.10 Å². The highest BCUT2D eigenvalue weighted by Crippen LogP contribution is 2.24. The van der Waals surface area contributed by atoms with Gasteiger partial charge in [-0.1, -0.05) is 11.6 Å². The van der Waals surface area contributed by atoms with Crippen LogP contribution in [0, 0.1) is 0 Å². The van der Waals surface area contributed by atoms with Crippen LogP contribution in [-0.4, -0.2) is 60.2 Å². The van der Waals surface area contributed by atoms with Crippen molar-refractivity contribution in [3.63, 3.8) is 0 Å². The molecule has 116 valence electrons. The number of amides is 1. The van der Waals surface area contributed by atoms with E-state index in [-0.39, 0.29) is 5.91 Å². The number of halogens is 1. The Bertz CT molecular complexity index is 500. The molecule has 1 N–H and O–H groups in total. The van der Waals surface area contributed by atoms with E-state index in [9.17, 15) is 9.90 Å². The number of aliphatic hydroxyl groups excluding tert-OH is 1. The minimum atomic E-state index is -0.926. The molecule has 1 aliphatic rings. The number of hydrogen-bond donors (Lipinski definition) is 1. The molecule has 1 fully saturated rings. The number of methoxy groups -OCH3 is 1. The average Bonchev–Trinajstić information content (AvgIpc) is 2.47. The molecule has 0 saturated carbocycles. The molecule has 1 heterocycles. The van der Waals surface area contributed by atoms with Crippen LogP contribution < -0.4 is 4.74 Å². The second kappa shape index (κ2) is 7.11. The van der Waals surface area contributed by atoms with Gasteiger partial charge in [-0.15, -0.1) is 0 Å². The average molecular weight is 313 g/mol. The first kappa shape index (κ1) is 16.1. The van der Waals surface area contributed by atoms with Gasteiger partial charge in [0.1, 0.15) is 11.9 Å². The summed E-state index contributed by atoms with van der Waals surface area (Å²) in [4.78, 5) is 15.7. The van der Waals surface area contributed by atoms with Gasteiger partial charge >= 0.3 is 0 Å². The van der Waals surface area contributed by atoms with Gasteiger partial charge < -0.3 is 14.7 Å². The third-order valence-corrected chi connectivity index (χ3v) is 3.91. The van der Waals surface area contributed by atoms with E-state index in [1.54, 1.807) is 12.0 Å². The number of ether oxygens (including phenoxy) is 1. The maximum absolute atomic E-state index is 11.7. The minimum absolute atomic E-state index is 0.199. The molecule has 2 rings (SSSR count). The number of carbonyl (C=O) groups excluding carboxylic acids is 1. The van der Waals surface area contributed by atoms with Gasteiger partial charge in [0.15, 0.2) is 0 Å². The van der Waals surface area contributed by atoms with E-state index in [0.717, 1.165) is 30.9 Å². The summed E-state index contributed by atoms with van der Waals surface area (Å²) in [6.07, 6.45) is -0.926. The predicted molar refractivity (Wildman–Crippen MR) is 81.5 cm³/mol. The van der Waals surface area contributed by atoms with Crippen LogP contribution in [0.5, 0.6) is 5.75 Å². The molecule has 1 unspecified atom stereocenters. The van der Waals surface area contributed by atoms with E-state index >= 15 is 0 Å². The first-order chi connectivity index (χ1) is 10.0. The lowest BCUT2D eigenvalue weighted by Gasteiger charge is -2.35. The molecule has 6 heteroatoms. The van der Waals surface area contributed by atoms with Crippen LogP contribution in [0.4, 0.5) is 0 Å². The van der Waals surface area contributed by atoms with Crippen LogP contribution in [-0.2, 0) is 11.3 Å². The number of piperazine rings is 1. The topological polar surface area (TPSA) is 53.0 Å². The van der Waals surface area contributed by atoms with Crippen molar-refractivity contribution in [1.82, 2.24) is 9.80 Å². The van der Waals surface area contributed by atoms with Gasteiger partial charge in [0.05, 0.1) is 7.11 Å². The molecule has 0 spiro atoms. The number of benzene rings is 1. The lowest BCUT2D eigenvalue weighted by Crippen LogP contribution is -2.50. The lowest BCUT2D eigenvalue weighted by atomic mass is 10.1. The SMILES string of the molecule is COc1ccc(Cl)cc1CN1CCN(C(=O)C(C)O)CC1.